The fourth-order valence-corrected chi connectivity index (χ4v) is 3.10. The lowest BCUT2D eigenvalue weighted by atomic mass is 10.1. The minimum Gasteiger partial charge on any atom is -0.435 e. The molecule has 0 radical (unpaired) electrons. The number of hydrogen-bond donors (Lipinski definition) is 1. The minimum atomic E-state index is 0.357. The molecule has 0 saturated heterocycles. The maximum atomic E-state index is 6.42. The molecule has 0 bridgehead atoms. The van der Waals surface area contributed by atoms with E-state index in [2.05, 4.69) is 47.5 Å². The summed E-state index contributed by atoms with van der Waals surface area (Å²) in [5, 5.41) is 1.00. The zero-order chi connectivity index (χ0) is 19.4. The van der Waals surface area contributed by atoms with Gasteiger partial charge in [-0.15, -0.1) is 0 Å². The summed E-state index contributed by atoms with van der Waals surface area (Å²) in [6.07, 6.45) is 3.25. The van der Waals surface area contributed by atoms with Gasteiger partial charge in [0.25, 0.3) is 0 Å². The molecular formula is C21H27N5O. The number of pyridine rings is 1. The van der Waals surface area contributed by atoms with Gasteiger partial charge in [-0.05, 0) is 24.0 Å². The first kappa shape index (κ1) is 18.9. The van der Waals surface area contributed by atoms with Crippen LogP contribution < -0.4 is 15.4 Å². The first-order valence-electron chi connectivity index (χ1n) is 9.32. The molecule has 142 valence electrons. The molecular weight excluding hydrogens is 338 g/mol. The number of rotatable bonds is 7. The monoisotopic (exact) mass is 365 g/mol. The highest BCUT2D eigenvalue weighted by atomic mass is 16.5. The van der Waals surface area contributed by atoms with Gasteiger partial charge in [0.05, 0.1) is 0 Å². The predicted octanol–water partition coefficient (Wildman–Crippen LogP) is 4.52. The van der Waals surface area contributed by atoms with Crippen molar-refractivity contribution >= 4 is 22.4 Å². The first-order valence-corrected chi connectivity index (χ1v) is 9.32. The van der Waals surface area contributed by atoms with Crippen LogP contribution in [0.15, 0.2) is 42.9 Å². The van der Waals surface area contributed by atoms with Gasteiger partial charge >= 0.3 is 0 Å². The third-order valence-corrected chi connectivity index (χ3v) is 4.10. The van der Waals surface area contributed by atoms with Crippen molar-refractivity contribution in [3.63, 3.8) is 0 Å². The number of fused-ring (bicyclic) bond motifs is 1. The fraction of sp³-hybridized carbons (Fsp3) is 0.381. The Bertz CT molecular complexity index is 895. The SMILES string of the molecule is CC(C)CN(CC(C)C)c1ncnc(Oc2cccc3cccnc23)c1N. The number of nitrogens with two attached hydrogens (primary N) is 1. The Morgan fingerprint density at radius 3 is 2.37 bits per heavy atom. The molecule has 0 unspecified atom stereocenters. The molecule has 27 heavy (non-hydrogen) atoms. The lowest BCUT2D eigenvalue weighted by Crippen LogP contribution is -2.32. The summed E-state index contributed by atoms with van der Waals surface area (Å²) in [5.41, 5.74) is 7.64. The molecule has 0 fully saturated rings. The van der Waals surface area contributed by atoms with Crippen LogP contribution in [-0.4, -0.2) is 28.0 Å². The van der Waals surface area contributed by atoms with E-state index in [9.17, 15) is 0 Å². The van der Waals surface area contributed by atoms with E-state index in [1.54, 1.807) is 6.20 Å². The molecule has 6 nitrogen and oxygen atoms in total. The van der Waals surface area contributed by atoms with Crippen molar-refractivity contribution in [2.75, 3.05) is 23.7 Å². The maximum absolute atomic E-state index is 6.42. The number of ether oxygens (including phenoxy) is 1. The van der Waals surface area contributed by atoms with Crippen molar-refractivity contribution in [1.29, 1.82) is 0 Å². The third kappa shape index (κ3) is 4.45. The van der Waals surface area contributed by atoms with Gasteiger partial charge in [0.15, 0.2) is 11.6 Å². The van der Waals surface area contributed by atoms with Gasteiger partial charge in [0.2, 0.25) is 5.88 Å². The Morgan fingerprint density at radius 1 is 0.963 bits per heavy atom. The highest BCUT2D eigenvalue weighted by molar-refractivity contribution is 5.84. The minimum absolute atomic E-state index is 0.357. The second-order valence-corrected chi connectivity index (χ2v) is 7.54. The van der Waals surface area contributed by atoms with Crippen molar-refractivity contribution in [1.82, 2.24) is 15.0 Å². The second-order valence-electron chi connectivity index (χ2n) is 7.54. The van der Waals surface area contributed by atoms with E-state index >= 15 is 0 Å². The average Bonchev–Trinajstić information content (AvgIpc) is 2.62. The summed E-state index contributed by atoms with van der Waals surface area (Å²) in [5.74, 6) is 2.68. The van der Waals surface area contributed by atoms with Crippen molar-refractivity contribution in [2.45, 2.75) is 27.7 Å². The Morgan fingerprint density at radius 2 is 1.67 bits per heavy atom. The lowest BCUT2D eigenvalue weighted by molar-refractivity contribution is 0.467. The number of nitrogen functional groups attached to an aromatic ring is 1. The molecule has 0 aliphatic carbocycles. The summed E-state index contributed by atoms with van der Waals surface area (Å²) in [6.45, 7) is 10.5. The average molecular weight is 365 g/mol. The Hall–Kier alpha value is -2.89. The van der Waals surface area contributed by atoms with Crippen LogP contribution in [0.5, 0.6) is 11.6 Å². The molecule has 2 N–H and O–H groups in total. The number of para-hydroxylation sites is 1. The quantitative estimate of drug-likeness (QED) is 0.663. The van der Waals surface area contributed by atoms with Gasteiger partial charge in [0.1, 0.15) is 17.5 Å². The van der Waals surface area contributed by atoms with Crippen molar-refractivity contribution in [3.8, 4) is 11.6 Å². The van der Waals surface area contributed by atoms with Gasteiger partial charge in [0, 0.05) is 24.7 Å². The van der Waals surface area contributed by atoms with E-state index < -0.39 is 0 Å². The molecule has 0 aliphatic rings. The van der Waals surface area contributed by atoms with E-state index in [0.717, 1.165) is 29.8 Å². The Balaban J connectivity index is 1.96. The number of anilines is 2. The molecule has 0 amide bonds. The highest BCUT2D eigenvalue weighted by Gasteiger charge is 2.19. The topological polar surface area (TPSA) is 77.2 Å². The molecule has 6 heteroatoms. The summed E-state index contributed by atoms with van der Waals surface area (Å²) in [6, 6.07) is 9.70. The van der Waals surface area contributed by atoms with Crippen LogP contribution in [0.1, 0.15) is 27.7 Å². The Kier molecular flexibility index (Phi) is 5.74. The molecule has 3 aromatic rings. The standard InChI is InChI=1S/C21H27N5O/c1-14(2)11-26(12-15(3)4)20-18(22)21(25-13-24-20)27-17-9-5-7-16-8-6-10-23-19(16)17/h5-10,13-15H,11-12,22H2,1-4H3. The van der Waals surface area contributed by atoms with Crippen molar-refractivity contribution in [3.05, 3.63) is 42.9 Å². The lowest BCUT2D eigenvalue weighted by Gasteiger charge is -2.28. The second kappa shape index (κ2) is 8.20. The van der Waals surface area contributed by atoms with Crippen LogP contribution in [-0.2, 0) is 0 Å². The smallest absolute Gasteiger partial charge is 0.248 e. The van der Waals surface area contributed by atoms with Gasteiger partial charge in [-0.1, -0.05) is 45.9 Å². The zero-order valence-electron chi connectivity index (χ0n) is 16.4. The summed E-state index contributed by atoms with van der Waals surface area (Å²) in [7, 11) is 0. The fourth-order valence-electron chi connectivity index (χ4n) is 3.10. The van der Waals surface area contributed by atoms with Crippen LogP contribution in [0, 0.1) is 11.8 Å². The maximum Gasteiger partial charge on any atom is 0.248 e. The third-order valence-electron chi connectivity index (χ3n) is 4.10. The van der Waals surface area contributed by atoms with Crippen LogP contribution >= 0.6 is 0 Å². The van der Waals surface area contributed by atoms with Crippen molar-refractivity contribution < 1.29 is 4.74 Å². The van der Waals surface area contributed by atoms with Gasteiger partial charge in [-0.2, -0.15) is 4.98 Å². The predicted molar refractivity (Wildman–Crippen MR) is 110 cm³/mol. The van der Waals surface area contributed by atoms with Crippen LogP contribution in [0.4, 0.5) is 11.5 Å². The highest BCUT2D eigenvalue weighted by Crippen LogP contribution is 2.34. The number of nitrogens with zero attached hydrogens (tertiary/aromatic N) is 4. The van der Waals surface area contributed by atoms with Crippen LogP contribution in [0.3, 0.4) is 0 Å². The number of aromatic nitrogens is 3. The molecule has 3 rings (SSSR count). The summed E-state index contributed by atoms with van der Waals surface area (Å²) < 4.78 is 6.06. The first-order chi connectivity index (χ1) is 13.0. The van der Waals surface area contributed by atoms with E-state index in [4.69, 9.17) is 10.5 Å². The number of benzene rings is 1. The summed E-state index contributed by atoms with van der Waals surface area (Å²) in [4.78, 5) is 15.3. The van der Waals surface area contributed by atoms with E-state index in [-0.39, 0.29) is 0 Å². The van der Waals surface area contributed by atoms with Gasteiger partial charge in [-0.3, -0.25) is 4.98 Å². The van der Waals surface area contributed by atoms with E-state index in [1.807, 2.05) is 30.3 Å². The van der Waals surface area contributed by atoms with Gasteiger partial charge < -0.3 is 15.4 Å². The number of hydrogen-bond acceptors (Lipinski definition) is 6. The zero-order valence-corrected chi connectivity index (χ0v) is 16.4. The molecule has 0 aliphatic heterocycles. The van der Waals surface area contributed by atoms with E-state index in [1.165, 1.54) is 6.33 Å². The molecule has 1 aromatic carbocycles. The molecule has 0 saturated carbocycles. The normalized spacial score (nSPS) is 11.3. The van der Waals surface area contributed by atoms with Crippen LogP contribution in [0.25, 0.3) is 10.9 Å². The summed E-state index contributed by atoms with van der Waals surface area (Å²) >= 11 is 0. The van der Waals surface area contributed by atoms with Gasteiger partial charge in [-0.25, -0.2) is 4.98 Å². The molecule has 0 spiro atoms. The molecule has 2 aromatic heterocycles. The van der Waals surface area contributed by atoms with E-state index in [0.29, 0.717) is 29.2 Å². The largest absolute Gasteiger partial charge is 0.435 e. The molecule has 2 heterocycles. The molecule has 0 atom stereocenters. The van der Waals surface area contributed by atoms with Crippen LogP contribution in [0.2, 0.25) is 0 Å². The van der Waals surface area contributed by atoms with Crippen molar-refractivity contribution in [2.24, 2.45) is 11.8 Å². The Labute approximate surface area is 160 Å².